The minimum atomic E-state index is 0.0454. The van der Waals surface area contributed by atoms with E-state index in [-0.39, 0.29) is 11.9 Å². The van der Waals surface area contributed by atoms with Crippen molar-refractivity contribution in [2.24, 2.45) is 0 Å². The minimum absolute atomic E-state index is 0.0454. The van der Waals surface area contributed by atoms with Crippen molar-refractivity contribution >= 4 is 5.91 Å². The van der Waals surface area contributed by atoms with Crippen LogP contribution in [0.2, 0.25) is 0 Å². The van der Waals surface area contributed by atoms with E-state index in [1.165, 1.54) is 16.8 Å². The Hall–Kier alpha value is -2.95. The summed E-state index contributed by atoms with van der Waals surface area (Å²) in [5, 5.41) is 7.90. The molecule has 1 N–H and O–H groups in total. The summed E-state index contributed by atoms with van der Waals surface area (Å²) in [6, 6.07) is 10.3. The Balaban J connectivity index is 1.49. The Labute approximate surface area is 165 Å². The second-order valence-corrected chi connectivity index (χ2v) is 7.55. The highest BCUT2D eigenvalue weighted by atomic mass is 16.1. The molecule has 1 atom stereocenters. The lowest BCUT2D eigenvalue weighted by molar-refractivity contribution is -0.121. The highest BCUT2D eigenvalue weighted by Crippen LogP contribution is 2.32. The predicted molar refractivity (Wildman–Crippen MR) is 109 cm³/mol. The number of aryl methyl sites for hydroxylation is 2. The molecule has 3 aromatic rings. The van der Waals surface area contributed by atoms with Crippen LogP contribution in [0.5, 0.6) is 0 Å². The minimum Gasteiger partial charge on any atom is -0.349 e. The van der Waals surface area contributed by atoms with E-state index in [9.17, 15) is 4.79 Å². The van der Waals surface area contributed by atoms with Crippen LogP contribution in [-0.2, 0) is 17.6 Å². The molecule has 1 aliphatic carbocycles. The van der Waals surface area contributed by atoms with Crippen molar-refractivity contribution in [2.45, 2.75) is 52.0 Å². The van der Waals surface area contributed by atoms with Gasteiger partial charge in [-0.2, -0.15) is 5.10 Å². The van der Waals surface area contributed by atoms with E-state index >= 15 is 0 Å². The van der Waals surface area contributed by atoms with Crippen LogP contribution >= 0.6 is 0 Å². The number of amides is 1. The zero-order chi connectivity index (χ0) is 19.5. The van der Waals surface area contributed by atoms with Gasteiger partial charge < -0.3 is 5.32 Å². The molecule has 28 heavy (non-hydrogen) atoms. The lowest BCUT2D eigenvalue weighted by Gasteiger charge is -2.24. The summed E-state index contributed by atoms with van der Waals surface area (Å²) in [7, 11) is 0. The van der Waals surface area contributed by atoms with Gasteiger partial charge in [0.25, 0.3) is 0 Å². The van der Waals surface area contributed by atoms with Gasteiger partial charge in [0.15, 0.2) is 0 Å². The SMILES string of the molecule is Cc1cccc(-n2ncc3c2CCC[C@@H]3NC(=O)CCc2cccnc2)c1C. The number of nitrogens with zero attached hydrogens (tertiary/aromatic N) is 3. The van der Waals surface area contributed by atoms with Gasteiger partial charge in [0.2, 0.25) is 5.91 Å². The van der Waals surface area contributed by atoms with Gasteiger partial charge in [-0.3, -0.25) is 9.78 Å². The molecule has 0 bridgehead atoms. The smallest absolute Gasteiger partial charge is 0.220 e. The molecule has 2 heterocycles. The Kier molecular flexibility index (Phi) is 5.24. The molecule has 1 aromatic carbocycles. The van der Waals surface area contributed by atoms with Gasteiger partial charge in [-0.25, -0.2) is 4.68 Å². The molecule has 5 nitrogen and oxygen atoms in total. The molecule has 5 heteroatoms. The summed E-state index contributed by atoms with van der Waals surface area (Å²) in [5.74, 6) is 0.0844. The van der Waals surface area contributed by atoms with E-state index in [4.69, 9.17) is 0 Å². The molecule has 0 radical (unpaired) electrons. The summed E-state index contributed by atoms with van der Waals surface area (Å²) in [5.41, 5.74) is 7.10. The van der Waals surface area contributed by atoms with Gasteiger partial charge in [-0.1, -0.05) is 18.2 Å². The fraction of sp³-hybridized carbons (Fsp3) is 0.348. The molecule has 0 fully saturated rings. The predicted octanol–water partition coefficient (Wildman–Crippen LogP) is 4.01. The number of benzene rings is 1. The average molecular weight is 374 g/mol. The monoisotopic (exact) mass is 374 g/mol. The highest BCUT2D eigenvalue weighted by Gasteiger charge is 2.26. The largest absolute Gasteiger partial charge is 0.349 e. The topological polar surface area (TPSA) is 59.8 Å². The number of rotatable bonds is 5. The van der Waals surface area contributed by atoms with Crippen LogP contribution in [0.15, 0.2) is 48.9 Å². The van der Waals surface area contributed by atoms with Gasteiger partial charge in [-0.05, 0) is 68.4 Å². The van der Waals surface area contributed by atoms with Crippen LogP contribution in [0, 0.1) is 13.8 Å². The third-order valence-electron chi connectivity index (χ3n) is 5.69. The zero-order valence-electron chi connectivity index (χ0n) is 16.5. The number of carbonyl (C=O) groups excluding carboxylic acids is 1. The zero-order valence-corrected chi connectivity index (χ0v) is 16.5. The molecule has 1 amide bonds. The third-order valence-corrected chi connectivity index (χ3v) is 5.69. The average Bonchev–Trinajstić information content (AvgIpc) is 3.14. The molecule has 0 saturated carbocycles. The number of nitrogens with one attached hydrogen (secondary N) is 1. The van der Waals surface area contributed by atoms with Crippen molar-refractivity contribution in [1.29, 1.82) is 0 Å². The first kappa shape index (κ1) is 18.4. The fourth-order valence-electron chi connectivity index (χ4n) is 3.95. The Morgan fingerprint density at radius 3 is 2.93 bits per heavy atom. The van der Waals surface area contributed by atoms with E-state index in [1.54, 1.807) is 6.20 Å². The summed E-state index contributed by atoms with van der Waals surface area (Å²) in [6.45, 7) is 4.26. The molecule has 0 unspecified atom stereocenters. The van der Waals surface area contributed by atoms with E-state index in [1.807, 2.05) is 24.5 Å². The molecule has 0 aliphatic heterocycles. The molecule has 0 saturated heterocycles. The molecular weight excluding hydrogens is 348 g/mol. The molecule has 2 aromatic heterocycles. The summed E-state index contributed by atoms with van der Waals surface area (Å²) < 4.78 is 2.06. The summed E-state index contributed by atoms with van der Waals surface area (Å²) >= 11 is 0. The van der Waals surface area contributed by atoms with Crippen molar-refractivity contribution in [1.82, 2.24) is 20.1 Å². The van der Waals surface area contributed by atoms with Crippen molar-refractivity contribution < 1.29 is 4.79 Å². The quantitative estimate of drug-likeness (QED) is 0.734. The number of pyridine rings is 1. The first-order valence-electron chi connectivity index (χ1n) is 9.95. The molecule has 0 spiro atoms. The van der Waals surface area contributed by atoms with Gasteiger partial charge in [0.05, 0.1) is 17.9 Å². The maximum Gasteiger partial charge on any atom is 0.220 e. The summed E-state index contributed by atoms with van der Waals surface area (Å²) in [6.07, 6.45) is 9.69. The van der Waals surface area contributed by atoms with E-state index < -0.39 is 0 Å². The van der Waals surface area contributed by atoms with Gasteiger partial charge in [-0.15, -0.1) is 0 Å². The maximum absolute atomic E-state index is 12.5. The summed E-state index contributed by atoms with van der Waals surface area (Å²) in [4.78, 5) is 16.6. The number of fused-ring (bicyclic) bond motifs is 1. The van der Waals surface area contributed by atoms with E-state index in [2.05, 4.69) is 52.1 Å². The molecule has 144 valence electrons. The highest BCUT2D eigenvalue weighted by molar-refractivity contribution is 5.76. The van der Waals surface area contributed by atoms with Crippen LogP contribution in [0.3, 0.4) is 0 Å². The Morgan fingerprint density at radius 1 is 1.21 bits per heavy atom. The van der Waals surface area contributed by atoms with Crippen LogP contribution in [-0.4, -0.2) is 20.7 Å². The normalized spacial score (nSPS) is 15.9. The van der Waals surface area contributed by atoms with Crippen LogP contribution in [0.4, 0.5) is 0 Å². The van der Waals surface area contributed by atoms with Crippen molar-refractivity contribution in [3.63, 3.8) is 0 Å². The first-order valence-corrected chi connectivity index (χ1v) is 9.95. The van der Waals surface area contributed by atoms with Crippen molar-refractivity contribution in [3.05, 3.63) is 76.9 Å². The molecule has 4 rings (SSSR count). The lowest BCUT2D eigenvalue weighted by Crippen LogP contribution is -2.31. The maximum atomic E-state index is 12.5. The van der Waals surface area contributed by atoms with Gasteiger partial charge in [0.1, 0.15) is 0 Å². The Morgan fingerprint density at radius 2 is 2.11 bits per heavy atom. The van der Waals surface area contributed by atoms with Crippen LogP contribution < -0.4 is 5.32 Å². The van der Waals surface area contributed by atoms with Gasteiger partial charge >= 0.3 is 0 Å². The van der Waals surface area contributed by atoms with Crippen LogP contribution in [0.1, 0.15) is 53.3 Å². The van der Waals surface area contributed by atoms with Crippen molar-refractivity contribution in [2.75, 3.05) is 0 Å². The molecular formula is C23H26N4O. The fourth-order valence-corrected chi connectivity index (χ4v) is 3.95. The number of carbonyl (C=O) groups is 1. The molecule has 1 aliphatic rings. The van der Waals surface area contributed by atoms with Crippen molar-refractivity contribution in [3.8, 4) is 5.69 Å². The number of aromatic nitrogens is 3. The Bertz CT molecular complexity index is 978. The van der Waals surface area contributed by atoms with E-state index in [0.717, 1.165) is 36.1 Å². The van der Waals surface area contributed by atoms with E-state index in [0.29, 0.717) is 12.8 Å². The second kappa shape index (κ2) is 7.97. The standard InChI is InChI=1S/C23H26N4O/c1-16-6-3-9-21(17(16)2)27-22-10-4-8-20(19(22)15-25-27)26-23(28)12-11-18-7-5-13-24-14-18/h3,5-7,9,13-15,20H,4,8,10-12H2,1-2H3,(H,26,28)/t20-/m0/s1. The first-order chi connectivity index (χ1) is 13.6. The van der Waals surface area contributed by atoms with Gasteiger partial charge in [0, 0.05) is 30.1 Å². The second-order valence-electron chi connectivity index (χ2n) is 7.55. The lowest BCUT2D eigenvalue weighted by atomic mass is 9.92. The van der Waals surface area contributed by atoms with Crippen LogP contribution in [0.25, 0.3) is 5.69 Å². The number of hydrogen-bond donors (Lipinski definition) is 1. The third kappa shape index (κ3) is 3.70. The number of hydrogen-bond acceptors (Lipinski definition) is 3.